The number of amides is 1. The Morgan fingerprint density at radius 3 is 2.90 bits per heavy atom. The first-order chi connectivity index (χ1) is 10.2. The Morgan fingerprint density at radius 1 is 1.14 bits per heavy atom. The summed E-state index contributed by atoms with van der Waals surface area (Å²) in [6, 6.07) is 11.2. The van der Waals surface area contributed by atoms with Crippen LogP contribution in [0.5, 0.6) is 11.5 Å². The largest absolute Gasteiger partial charge is 0.454 e. The highest BCUT2D eigenvalue weighted by Gasteiger charge is 2.27. The van der Waals surface area contributed by atoms with Crippen molar-refractivity contribution in [1.82, 2.24) is 5.32 Å². The lowest BCUT2D eigenvalue weighted by Crippen LogP contribution is -2.38. The molecule has 2 N–H and O–H groups in total. The van der Waals surface area contributed by atoms with Gasteiger partial charge in [-0.3, -0.25) is 4.79 Å². The lowest BCUT2D eigenvalue weighted by atomic mass is 10.1. The fourth-order valence-corrected chi connectivity index (χ4v) is 3.10. The lowest BCUT2D eigenvalue weighted by molar-refractivity contribution is 0.0935. The van der Waals surface area contributed by atoms with Crippen LogP contribution in [0.2, 0.25) is 0 Å². The fraction of sp³-hybridized carbons (Fsp3) is 0.133. The Labute approximate surface area is 129 Å². The van der Waals surface area contributed by atoms with Crippen molar-refractivity contribution < 1.29 is 14.3 Å². The van der Waals surface area contributed by atoms with Gasteiger partial charge in [-0.2, -0.15) is 0 Å². The normalized spacial score (nSPS) is 18.7. The van der Waals surface area contributed by atoms with Gasteiger partial charge in [-0.15, -0.1) is 0 Å². The summed E-state index contributed by atoms with van der Waals surface area (Å²) in [5.41, 5.74) is 2.36. The summed E-state index contributed by atoms with van der Waals surface area (Å²) in [6.45, 7) is 0.213. The van der Waals surface area contributed by atoms with Gasteiger partial charge in [0.05, 0.1) is 10.0 Å². The zero-order valence-corrected chi connectivity index (χ0v) is 12.4. The number of carbonyl (C=O) groups excluding carboxylic acids is 1. The number of fused-ring (bicyclic) bond motifs is 2. The lowest BCUT2D eigenvalue weighted by Gasteiger charge is -2.28. The molecule has 0 spiro atoms. The Bertz CT molecular complexity index is 748. The van der Waals surface area contributed by atoms with E-state index in [1.165, 1.54) is 0 Å². The Balaban J connectivity index is 1.73. The second-order valence-corrected chi connectivity index (χ2v) is 5.69. The Morgan fingerprint density at radius 2 is 2.00 bits per heavy atom. The van der Waals surface area contributed by atoms with Crippen molar-refractivity contribution in [1.29, 1.82) is 0 Å². The highest BCUT2D eigenvalue weighted by Crippen LogP contribution is 2.41. The smallest absolute Gasteiger partial charge is 0.255 e. The quantitative estimate of drug-likeness (QED) is 0.833. The predicted octanol–water partition coefficient (Wildman–Crippen LogP) is 3.03. The summed E-state index contributed by atoms with van der Waals surface area (Å²) in [5.74, 6) is 1.28. The molecule has 0 radical (unpaired) electrons. The number of para-hydroxylation sites is 1. The van der Waals surface area contributed by atoms with Gasteiger partial charge in [0.2, 0.25) is 6.79 Å². The monoisotopic (exact) mass is 346 g/mol. The van der Waals surface area contributed by atoms with Gasteiger partial charge in [-0.25, -0.2) is 0 Å². The number of hydrogen-bond acceptors (Lipinski definition) is 4. The van der Waals surface area contributed by atoms with Crippen LogP contribution < -0.4 is 20.1 Å². The van der Waals surface area contributed by atoms with Gasteiger partial charge in [0.15, 0.2) is 11.5 Å². The first-order valence-corrected chi connectivity index (χ1v) is 7.27. The zero-order chi connectivity index (χ0) is 14.4. The molecule has 106 valence electrons. The molecule has 1 atom stereocenters. The summed E-state index contributed by atoms with van der Waals surface area (Å²) in [4.78, 5) is 12.2. The number of anilines is 1. The molecule has 2 aliphatic heterocycles. The third-order valence-corrected chi connectivity index (χ3v) is 4.12. The minimum atomic E-state index is -0.307. The molecule has 4 rings (SSSR count). The van der Waals surface area contributed by atoms with Gasteiger partial charge >= 0.3 is 0 Å². The van der Waals surface area contributed by atoms with Crippen molar-refractivity contribution in [3.63, 3.8) is 0 Å². The summed E-state index contributed by atoms with van der Waals surface area (Å²) >= 11 is 3.47. The van der Waals surface area contributed by atoms with Crippen LogP contribution in [-0.2, 0) is 0 Å². The van der Waals surface area contributed by atoms with E-state index in [2.05, 4.69) is 26.6 Å². The molecule has 0 aliphatic carbocycles. The van der Waals surface area contributed by atoms with Gasteiger partial charge in [-0.05, 0) is 45.8 Å². The van der Waals surface area contributed by atoms with Crippen LogP contribution in [-0.4, -0.2) is 12.7 Å². The van der Waals surface area contributed by atoms with E-state index in [9.17, 15) is 4.79 Å². The van der Waals surface area contributed by atoms with Gasteiger partial charge < -0.3 is 20.1 Å². The molecule has 0 fully saturated rings. The number of rotatable bonds is 1. The molecular weight excluding hydrogens is 336 g/mol. The molecule has 0 bridgehead atoms. The van der Waals surface area contributed by atoms with E-state index < -0.39 is 0 Å². The van der Waals surface area contributed by atoms with E-state index in [0.717, 1.165) is 15.7 Å². The molecule has 1 unspecified atom stereocenters. The molecule has 2 aromatic rings. The molecule has 1 amide bonds. The van der Waals surface area contributed by atoms with Crippen molar-refractivity contribution in [2.45, 2.75) is 6.17 Å². The van der Waals surface area contributed by atoms with E-state index in [1.807, 2.05) is 30.3 Å². The molecule has 0 saturated heterocycles. The Hall–Kier alpha value is -2.21. The molecule has 0 saturated carbocycles. The van der Waals surface area contributed by atoms with Crippen molar-refractivity contribution >= 4 is 27.5 Å². The van der Waals surface area contributed by atoms with E-state index in [4.69, 9.17) is 9.47 Å². The number of benzene rings is 2. The summed E-state index contributed by atoms with van der Waals surface area (Å²) in [5, 5.41) is 6.25. The SMILES string of the molecule is O=C1NC(c2cc(Br)c3c(c2)OCO3)Nc2ccccc21. The van der Waals surface area contributed by atoms with Crippen molar-refractivity contribution in [2.75, 3.05) is 12.1 Å². The maximum absolute atomic E-state index is 12.2. The fourth-order valence-electron chi connectivity index (χ4n) is 2.53. The Kier molecular flexibility index (Phi) is 2.78. The maximum atomic E-state index is 12.2. The van der Waals surface area contributed by atoms with E-state index in [1.54, 1.807) is 6.07 Å². The second-order valence-electron chi connectivity index (χ2n) is 4.83. The third kappa shape index (κ3) is 2.03. The standard InChI is InChI=1S/C15H11BrN2O3/c16-10-5-8(6-12-13(10)21-7-20-12)14-17-11-4-2-1-3-9(11)15(19)18-14/h1-6,14,17H,7H2,(H,18,19). The minimum absolute atomic E-state index is 0.0943. The number of hydrogen-bond donors (Lipinski definition) is 2. The van der Waals surface area contributed by atoms with Crippen LogP contribution in [0.4, 0.5) is 5.69 Å². The zero-order valence-electron chi connectivity index (χ0n) is 10.9. The van der Waals surface area contributed by atoms with E-state index in [0.29, 0.717) is 17.1 Å². The van der Waals surface area contributed by atoms with Crippen molar-refractivity contribution in [3.8, 4) is 11.5 Å². The van der Waals surface area contributed by atoms with Crippen molar-refractivity contribution in [2.24, 2.45) is 0 Å². The van der Waals surface area contributed by atoms with Crippen LogP contribution in [0.1, 0.15) is 22.1 Å². The summed E-state index contributed by atoms with van der Waals surface area (Å²) in [7, 11) is 0. The topological polar surface area (TPSA) is 59.6 Å². The predicted molar refractivity (Wildman–Crippen MR) is 80.5 cm³/mol. The first kappa shape index (κ1) is 12.5. The second kappa shape index (κ2) is 4.66. The highest BCUT2D eigenvalue weighted by molar-refractivity contribution is 9.10. The molecule has 21 heavy (non-hydrogen) atoms. The number of carbonyl (C=O) groups is 1. The third-order valence-electron chi connectivity index (χ3n) is 3.53. The van der Waals surface area contributed by atoms with Gasteiger partial charge in [-0.1, -0.05) is 12.1 Å². The molecule has 2 aromatic carbocycles. The number of ether oxygens (including phenoxy) is 2. The summed E-state index contributed by atoms with van der Waals surface area (Å²) in [6.07, 6.45) is -0.307. The van der Waals surface area contributed by atoms with Crippen molar-refractivity contribution in [3.05, 3.63) is 52.0 Å². The highest BCUT2D eigenvalue weighted by atomic mass is 79.9. The molecule has 2 heterocycles. The molecule has 0 aromatic heterocycles. The molecule has 5 nitrogen and oxygen atoms in total. The van der Waals surface area contributed by atoms with E-state index in [-0.39, 0.29) is 18.9 Å². The van der Waals surface area contributed by atoms with Crippen LogP contribution in [0.25, 0.3) is 0 Å². The minimum Gasteiger partial charge on any atom is -0.454 e. The molecular formula is C15H11BrN2O3. The maximum Gasteiger partial charge on any atom is 0.255 e. The average molecular weight is 347 g/mol. The van der Waals surface area contributed by atoms with Crippen LogP contribution >= 0.6 is 15.9 Å². The van der Waals surface area contributed by atoms with Gasteiger partial charge in [0.1, 0.15) is 6.17 Å². The van der Waals surface area contributed by atoms with Gasteiger partial charge in [0.25, 0.3) is 5.91 Å². The molecule has 6 heteroatoms. The van der Waals surface area contributed by atoms with Crippen LogP contribution in [0.3, 0.4) is 0 Å². The average Bonchev–Trinajstić information content (AvgIpc) is 2.96. The molecule has 2 aliphatic rings. The van der Waals surface area contributed by atoms with Gasteiger partial charge in [0, 0.05) is 5.69 Å². The number of halogens is 1. The summed E-state index contributed by atoms with van der Waals surface area (Å²) < 4.78 is 11.6. The van der Waals surface area contributed by atoms with Crippen LogP contribution in [0, 0.1) is 0 Å². The number of nitrogens with one attached hydrogen (secondary N) is 2. The van der Waals surface area contributed by atoms with E-state index >= 15 is 0 Å². The van der Waals surface area contributed by atoms with Crippen LogP contribution in [0.15, 0.2) is 40.9 Å². The first-order valence-electron chi connectivity index (χ1n) is 6.48.